The molecule has 112 valence electrons. The zero-order chi connectivity index (χ0) is 17.0. The van der Waals surface area contributed by atoms with Gasteiger partial charge in [-0.25, -0.2) is 5.87 Å². The summed E-state index contributed by atoms with van der Waals surface area (Å²) in [5.41, 5.74) is 1.97. The van der Waals surface area contributed by atoms with E-state index in [1.165, 1.54) is 6.92 Å². The van der Waals surface area contributed by atoms with Gasteiger partial charge in [0, 0.05) is 11.3 Å². The molecular weight excluding hydrogens is 288 g/mol. The fourth-order valence-corrected chi connectivity index (χ4v) is 2.73. The lowest BCUT2D eigenvalue weighted by Gasteiger charge is -2.29. The number of benzene rings is 1. The summed E-state index contributed by atoms with van der Waals surface area (Å²) in [6.07, 6.45) is 0. The minimum Gasteiger partial charge on any atom is -0.762 e. The first kappa shape index (κ1) is 16.0. The minimum absolute atomic E-state index is 0.161. The van der Waals surface area contributed by atoms with Crippen LogP contribution in [0.5, 0.6) is 0 Å². The molecule has 0 saturated heterocycles. The second-order valence-electron chi connectivity index (χ2n) is 5.06. The Morgan fingerprint density at radius 2 is 1.91 bits per heavy atom. The van der Waals surface area contributed by atoms with Crippen LogP contribution in [0.4, 0.5) is 0 Å². The van der Waals surface area contributed by atoms with Crippen LogP contribution >= 0.6 is 0 Å². The van der Waals surface area contributed by atoms with E-state index in [-0.39, 0.29) is 22.6 Å². The third-order valence-electron chi connectivity index (χ3n) is 3.67. The summed E-state index contributed by atoms with van der Waals surface area (Å²) in [6.45, 7) is 3.14. The van der Waals surface area contributed by atoms with Gasteiger partial charge in [-0.1, -0.05) is 30.3 Å². The van der Waals surface area contributed by atoms with Gasteiger partial charge in [-0.2, -0.15) is 10.5 Å². The van der Waals surface area contributed by atoms with Crippen molar-refractivity contribution in [3.63, 3.8) is 0 Å². The Balaban J connectivity index is 2.79. The van der Waals surface area contributed by atoms with Crippen LogP contribution in [0, 0.1) is 22.7 Å². The Kier molecular flexibility index (Phi) is 4.57. The maximum Gasteiger partial charge on any atom is 0.158 e. The monoisotopic (exact) mass is 301 g/mol. The number of allylic oxidation sites excluding steroid dienone is 4. The summed E-state index contributed by atoms with van der Waals surface area (Å²) in [4.78, 5) is 12.1. The van der Waals surface area contributed by atoms with E-state index < -0.39 is 5.92 Å². The van der Waals surface area contributed by atoms with Crippen LogP contribution in [0.1, 0.15) is 25.3 Å². The second-order valence-corrected chi connectivity index (χ2v) is 5.06. The highest BCUT2D eigenvalue weighted by atomic mass is 16.1. The van der Waals surface area contributed by atoms with Crippen molar-refractivity contribution in [2.75, 3.05) is 0 Å². The van der Waals surface area contributed by atoms with Gasteiger partial charge in [-0.05, 0) is 19.4 Å². The SMILES string of the molecule is CC(=O)C1=C(C)NC(C(=C=[N-])C#N)=C(C#N)[C@H]1c1ccccc1. The third-order valence-corrected chi connectivity index (χ3v) is 3.67. The molecule has 0 fully saturated rings. The summed E-state index contributed by atoms with van der Waals surface area (Å²) in [7, 11) is 0. The molecular formula is C18H13N4O-. The first-order valence-corrected chi connectivity index (χ1v) is 6.90. The highest BCUT2D eigenvalue weighted by Crippen LogP contribution is 2.39. The number of dihydropyridines is 1. The number of carbonyl (C=O) groups excluding carboxylic acids is 1. The number of nitriles is 2. The molecule has 1 aromatic rings. The first-order chi connectivity index (χ1) is 11.0. The summed E-state index contributed by atoms with van der Waals surface area (Å²) >= 11 is 0. The molecule has 0 unspecified atom stereocenters. The summed E-state index contributed by atoms with van der Waals surface area (Å²) in [6, 6.07) is 13.0. The fourth-order valence-electron chi connectivity index (χ4n) is 2.73. The van der Waals surface area contributed by atoms with E-state index in [0.29, 0.717) is 11.3 Å². The number of ketones is 1. The number of carbonyl (C=O) groups is 1. The molecule has 0 radical (unpaired) electrons. The van der Waals surface area contributed by atoms with Crippen molar-refractivity contribution in [2.24, 2.45) is 0 Å². The van der Waals surface area contributed by atoms with Crippen LogP contribution in [-0.2, 0) is 4.79 Å². The molecule has 1 atom stereocenters. The van der Waals surface area contributed by atoms with E-state index in [1.807, 2.05) is 30.3 Å². The summed E-state index contributed by atoms with van der Waals surface area (Å²) in [5, 5.41) is 30.8. The first-order valence-electron chi connectivity index (χ1n) is 6.90. The molecule has 0 bridgehead atoms. The lowest BCUT2D eigenvalue weighted by Crippen LogP contribution is -2.28. The quantitative estimate of drug-likeness (QED) is 0.685. The Morgan fingerprint density at radius 1 is 1.26 bits per heavy atom. The second kappa shape index (κ2) is 6.58. The fraction of sp³-hybridized carbons (Fsp3) is 0.167. The Hall–Kier alpha value is -3.40. The molecule has 1 aliphatic heterocycles. The van der Waals surface area contributed by atoms with Crippen LogP contribution in [0.3, 0.4) is 0 Å². The van der Waals surface area contributed by atoms with Crippen molar-refractivity contribution in [2.45, 2.75) is 19.8 Å². The van der Waals surface area contributed by atoms with E-state index >= 15 is 0 Å². The van der Waals surface area contributed by atoms with Crippen molar-refractivity contribution in [1.82, 2.24) is 5.32 Å². The van der Waals surface area contributed by atoms with Crippen LogP contribution in [0.25, 0.3) is 5.41 Å². The maximum absolute atomic E-state index is 12.1. The number of hydrogen-bond acceptors (Lipinski definition) is 4. The number of nitrogens with one attached hydrogen (secondary N) is 1. The lowest BCUT2D eigenvalue weighted by atomic mass is 9.78. The van der Waals surface area contributed by atoms with E-state index in [1.54, 1.807) is 18.9 Å². The topological polar surface area (TPSA) is 99.0 Å². The van der Waals surface area contributed by atoms with Crippen molar-refractivity contribution in [1.29, 1.82) is 10.5 Å². The van der Waals surface area contributed by atoms with Crippen molar-refractivity contribution in [3.8, 4) is 12.1 Å². The van der Waals surface area contributed by atoms with Crippen LogP contribution in [-0.4, -0.2) is 11.7 Å². The van der Waals surface area contributed by atoms with E-state index in [9.17, 15) is 10.1 Å². The van der Waals surface area contributed by atoms with Crippen LogP contribution in [0.2, 0.25) is 0 Å². The van der Waals surface area contributed by atoms with Gasteiger partial charge >= 0.3 is 0 Å². The summed E-state index contributed by atoms with van der Waals surface area (Å²) < 4.78 is 0. The van der Waals surface area contributed by atoms with Gasteiger partial charge in [-0.15, -0.1) is 0 Å². The average Bonchev–Trinajstić information content (AvgIpc) is 2.55. The molecule has 0 aliphatic carbocycles. The lowest BCUT2D eigenvalue weighted by molar-refractivity contribution is -0.113. The van der Waals surface area contributed by atoms with Crippen LogP contribution < -0.4 is 5.32 Å². The predicted octanol–water partition coefficient (Wildman–Crippen LogP) is 2.70. The van der Waals surface area contributed by atoms with Gasteiger partial charge in [0.05, 0.1) is 28.8 Å². The number of rotatable bonds is 3. The molecule has 1 N–H and O–H groups in total. The molecule has 5 heteroatoms. The minimum atomic E-state index is -0.591. The maximum atomic E-state index is 12.1. The Bertz CT molecular complexity index is 857. The van der Waals surface area contributed by atoms with Gasteiger partial charge in [0.2, 0.25) is 0 Å². The van der Waals surface area contributed by atoms with Gasteiger partial charge in [-0.3, -0.25) is 4.79 Å². The number of hydrogen-bond donors (Lipinski definition) is 1. The predicted molar refractivity (Wildman–Crippen MR) is 85.8 cm³/mol. The van der Waals surface area contributed by atoms with Crippen LogP contribution in [0.15, 0.2) is 58.4 Å². The molecule has 1 heterocycles. The molecule has 0 spiro atoms. The Morgan fingerprint density at radius 3 is 2.39 bits per heavy atom. The van der Waals surface area contributed by atoms with Gasteiger partial charge in [0.25, 0.3) is 0 Å². The molecule has 1 aliphatic rings. The van der Waals surface area contributed by atoms with E-state index in [2.05, 4.69) is 11.4 Å². The molecule has 23 heavy (non-hydrogen) atoms. The molecule has 0 aromatic heterocycles. The summed E-state index contributed by atoms with van der Waals surface area (Å²) in [5.74, 6) is 1.05. The van der Waals surface area contributed by atoms with Crippen molar-refractivity contribution < 1.29 is 4.79 Å². The highest BCUT2D eigenvalue weighted by Gasteiger charge is 2.33. The number of Topliss-reactive ketones (excluding diaryl/α,β-unsaturated/α-hetero) is 1. The van der Waals surface area contributed by atoms with Gasteiger partial charge < -0.3 is 10.7 Å². The zero-order valence-electron chi connectivity index (χ0n) is 12.7. The van der Waals surface area contributed by atoms with Crippen molar-refractivity contribution in [3.05, 3.63) is 69.4 Å². The third kappa shape index (κ3) is 2.82. The molecule has 0 saturated carbocycles. The van der Waals surface area contributed by atoms with Gasteiger partial charge in [0.15, 0.2) is 5.78 Å². The number of nitrogens with zero attached hydrogens (tertiary/aromatic N) is 3. The zero-order valence-corrected chi connectivity index (χ0v) is 12.7. The van der Waals surface area contributed by atoms with E-state index in [4.69, 9.17) is 10.7 Å². The molecule has 5 nitrogen and oxygen atoms in total. The van der Waals surface area contributed by atoms with Gasteiger partial charge in [0.1, 0.15) is 6.07 Å². The largest absolute Gasteiger partial charge is 0.762 e. The average molecular weight is 301 g/mol. The Labute approximate surface area is 134 Å². The van der Waals surface area contributed by atoms with Crippen molar-refractivity contribution >= 4 is 11.7 Å². The molecule has 0 amide bonds. The highest BCUT2D eigenvalue weighted by molar-refractivity contribution is 5.97. The normalized spacial score (nSPS) is 16.8. The van der Waals surface area contributed by atoms with E-state index in [0.717, 1.165) is 5.56 Å². The molecule has 1 aromatic carbocycles. The standard InChI is InChI=1S/C18H13N4O/c1-11-16(12(2)23)17(13-6-4-3-5-7-13)15(10-21)18(22-11)14(8-19)9-20/h3-7,17,22H,1-2H3/q-1/t17-/m1/s1. The molecule has 2 rings (SSSR count). The smallest absolute Gasteiger partial charge is 0.158 e.